The summed E-state index contributed by atoms with van der Waals surface area (Å²) < 4.78 is 10.0. The molecule has 154 valence electrons. The van der Waals surface area contributed by atoms with E-state index in [0.29, 0.717) is 31.1 Å². The Morgan fingerprint density at radius 3 is 2.48 bits per heavy atom. The second-order valence-electron chi connectivity index (χ2n) is 7.64. The summed E-state index contributed by atoms with van der Waals surface area (Å²) in [6, 6.07) is 7.06. The average molecular weight is 399 g/mol. The maximum Gasteiger partial charge on any atom is 0.411 e. The summed E-state index contributed by atoms with van der Waals surface area (Å²) >= 11 is 0. The van der Waals surface area contributed by atoms with Crippen LogP contribution in [0.3, 0.4) is 0 Å². The average Bonchev–Trinajstić information content (AvgIpc) is 2.67. The van der Waals surface area contributed by atoms with Crippen molar-refractivity contribution in [3.63, 3.8) is 0 Å². The lowest BCUT2D eigenvalue weighted by atomic mass is 10.1. The lowest BCUT2D eigenvalue weighted by Gasteiger charge is -2.30. The molecule has 1 aromatic carbocycles. The summed E-state index contributed by atoms with van der Waals surface area (Å²) in [6.45, 7) is 6.49. The van der Waals surface area contributed by atoms with Crippen molar-refractivity contribution in [1.29, 1.82) is 0 Å². The number of ether oxygens (including phenoxy) is 2. The van der Waals surface area contributed by atoms with Gasteiger partial charge >= 0.3 is 12.2 Å². The fourth-order valence-corrected chi connectivity index (χ4v) is 2.78. The standard InChI is InChI=1S/C20H25N5O4/c1-20(2,3)29-19(27)25-10-9-13-11-21-17(24-16(13)12-25)22-14-5-7-15(8-6-14)23-18(26)28-4/h5-8,11H,9-10,12H2,1-4H3,(H,23,26)(H,21,22,24). The first kappa shape index (κ1) is 20.4. The third-order valence-electron chi connectivity index (χ3n) is 4.17. The summed E-state index contributed by atoms with van der Waals surface area (Å²) in [4.78, 5) is 34.1. The molecule has 0 saturated carbocycles. The molecule has 9 nitrogen and oxygen atoms in total. The van der Waals surface area contributed by atoms with Crippen molar-refractivity contribution in [2.24, 2.45) is 0 Å². The van der Waals surface area contributed by atoms with Gasteiger partial charge in [0, 0.05) is 24.1 Å². The molecule has 0 unspecified atom stereocenters. The van der Waals surface area contributed by atoms with E-state index in [1.807, 2.05) is 20.8 Å². The zero-order chi connectivity index (χ0) is 21.0. The molecular weight excluding hydrogens is 374 g/mol. The van der Waals surface area contributed by atoms with Crippen LogP contribution in [0.4, 0.5) is 26.9 Å². The Balaban J connectivity index is 1.67. The van der Waals surface area contributed by atoms with Crippen LogP contribution < -0.4 is 10.6 Å². The molecule has 2 aromatic rings. The molecule has 0 spiro atoms. The van der Waals surface area contributed by atoms with Gasteiger partial charge in [-0.1, -0.05) is 0 Å². The zero-order valence-corrected chi connectivity index (χ0v) is 17.0. The molecule has 0 atom stereocenters. The highest BCUT2D eigenvalue weighted by molar-refractivity contribution is 5.84. The first-order chi connectivity index (χ1) is 13.7. The number of carbonyl (C=O) groups excluding carboxylic acids is 2. The molecule has 0 aliphatic carbocycles. The topological polar surface area (TPSA) is 106 Å². The van der Waals surface area contributed by atoms with E-state index in [9.17, 15) is 9.59 Å². The Hall–Kier alpha value is -3.36. The minimum Gasteiger partial charge on any atom is -0.453 e. The number of benzene rings is 1. The van der Waals surface area contributed by atoms with Crippen LogP contribution in [-0.2, 0) is 22.4 Å². The van der Waals surface area contributed by atoms with E-state index in [2.05, 4.69) is 25.3 Å². The van der Waals surface area contributed by atoms with Gasteiger partial charge in [-0.2, -0.15) is 0 Å². The Morgan fingerprint density at radius 1 is 1.14 bits per heavy atom. The minimum atomic E-state index is -0.537. The van der Waals surface area contributed by atoms with Crippen molar-refractivity contribution >= 4 is 29.5 Å². The Morgan fingerprint density at radius 2 is 1.83 bits per heavy atom. The molecule has 0 fully saturated rings. The predicted molar refractivity (Wildman–Crippen MR) is 108 cm³/mol. The second kappa shape index (κ2) is 8.34. The summed E-state index contributed by atoms with van der Waals surface area (Å²) in [7, 11) is 1.31. The van der Waals surface area contributed by atoms with Crippen LogP contribution >= 0.6 is 0 Å². The van der Waals surface area contributed by atoms with Crippen molar-refractivity contribution in [3.8, 4) is 0 Å². The molecule has 0 radical (unpaired) electrons. The maximum atomic E-state index is 12.3. The predicted octanol–water partition coefficient (Wildman–Crippen LogP) is 3.69. The van der Waals surface area contributed by atoms with E-state index >= 15 is 0 Å². The molecule has 1 aromatic heterocycles. The van der Waals surface area contributed by atoms with E-state index < -0.39 is 11.7 Å². The molecule has 1 aliphatic heterocycles. The van der Waals surface area contributed by atoms with Gasteiger partial charge in [-0.05, 0) is 57.0 Å². The molecule has 1 aliphatic rings. The number of carbonyl (C=O) groups is 2. The first-order valence-electron chi connectivity index (χ1n) is 9.28. The van der Waals surface area contributed by atoms with Crippen molar-refractivity contribution in [2.45, 2.75) is 39.3 Å². The molecule has 2 amide bonds. The van der Waals surface area contributed by atoms with E-state index in [-0.39, 0.29) is 6.09 Å². The normalized spacial score (nSPS) is 13.3. The number of amides is 2. The Bertz CT molecular complexity index is 893. The number of fused-ring (bicyclic) bond motifs is 1. The molecule has 29 heavy (non-hydrogen) atoms. The van der Waals surface area contributed by atoms with Crippen LogP contribution in [0, 0.1) is 0 Å². The van der Waals surface area contributed by atoms with Crippen molar-refractivity contribution in [3.05, 3.63) is 41.7 Å². The van der Waals surface area contributed by atoms with Crippen LogP contribution in [0.1, 0.15) is 32.0 Å². The quantitative estimate of drug-likeness (QED) is 0.811. The van der Waals surface area contributed by atoms with Gasteiger partial charge in [-0.3, -0.25) is 5.32 Å². The number of hydrogen-bond acceptors (Lipinski definition) is 7. The van der Waals surface area contributed by atoms with Gasteiger partial charge < -0.3 is 19.7 Å². The van der Waals surface area contributed by atoms with Crippen molar-refractivity contribution in [1.82, 2.24) is 14.9 Å². The van der Waals surface area contributed by atoms with Crippen LogP contribution in [0.5, 0.6) is 0 Å². The molecule has 9 heteroatoms. The highest BCUT2D eigenvalue weighted by Gasteiger charge is 2.26. The van der Waals surface area contributed by atoms with Gasteiger partial charge in [0.1, 0.15) is 5.60 Å². The monoisotopic (exact) mass is 399 g/mol. The maximum absolute atomic E-state index is 12.3. The van der Waals surface area contributed by atoms with E-state index in [1.165, 1.54) is 7.11 Å². The lowest BCUT2D eigenvalue weighted by Crippen LogP contribution is -2.40. The van der Waals surface area contributed by atoms with Gasteiger partial charge in [-0.25, -0.2) is 19.6 Å². The molecular formula is C20H25N5O4. The Kier molecular flexibility index (Phi) is 5.86. The van der Waals surface area contributed by atoms with Gasteiger partial charge in [-0.15, -0.1) is 0 Å². The first-order valence-corrected chi connectivity index (χ1v) is 9.28. The third kappa shape index (κ3) is 5.56. The summed E-state index contributed by atoms with van der Waals surface area (Å²) in [5.41, 5.74) is 2.66. The van der Waals surface area contributed by atoms with Crippen LogP contribution in [-0.4, -0.2) is 46.3 Å². The van der Waals surface area contributed by atoms with Gasteiger partial charge in [0.25, 0.3) is 0 Å². The summed E-state index contributed by atoms with van der Waals surface area (Å²) in [5.74, 6) is 0.434. The van der Waals surface area contributed by atoms with Gasteiger partial charge in [0.2, 0.25) is 5.95 Å². The molecule has 0 bridgehead atoms. The van der Waals surface area contributed by atoms with Crippen molar-refractivity contribution in [2.75, 3.05) is 24.3 Å². The summed E-state index contributed by atoms with van der Waals surface area (Å²) in [5, 5.41) is 5.72. The highest BCUT2D eigenvalue weighted by Crippen LogP contribution is 2.22. The lowest BCUT2D eigenvalue weighted by molar-refractivity contribution is 0.0220. The fraction of sp³-hybridized carbons (Fsp3) is 0.400. The van der Waals surface area contributed by atoms with Crippen LogP contribution in [0.2, 0.25) is 0 Å². The number of rotatable bonds is 3. The van der Waals surface area contributed by atoms with E-state index in [0.717, 1.165) is 16.9 Å². The fourth-order valence-electron chi connectivity index (χ4n) is 2.78. The number of anilines is 3. The van der Waals surface area contributed by atoms with Crippen LogP contribution in [0.15, 0.2) is 30.5 Å². The number of methoxy groups -OCH3 is 1. The number of hydrogen-bond donors (Lipinski definition) is 2. The van der Waals surface area contributed by atoms with Gasteiger partial charge in [0.15, 0.2) is 0 Å². The smallest absolute Gasteiger partial charge is 0.411 e. The largest absolute Gasteiger partial charge is 0.453 e. The van der Waals surface area contributed by atoms with E-state index in [1.54, 1.807) is 35.4 Å². The third-order valence-corrected chi connectivity index (χ3v) is 4.17. The molecule has 2 heterocycles. The van der Waals surface area contributed by atoms with Crippen molar-refractivity contribution < 1.29 is 19.1 Å². The summed E-state index contributed by atoms with van der Waals surface area (Å²) in [6.07, 6.45) is 1.59. The van der Waals surface area contributed by atoms with Gasteiger partial charge in [0.05, 0.1) is 19.3 Å². The molecule has 2 N–H and O–H groups in total. The van der Waals surface area contributed by atoms with Crippen LogP contribution in [0.25, 0.3) is 0 Å². The number of aromatic nitrogens is 2. The number of nitrogens with zero attached hydrogens (tertiary/aromatic N) is 3. The molecule has 3 rings (SSSR count). The Labute approximate surface area is 169 Å². The van der Waals surface area contributed by atoms with E-state index in [4.69, 9.17) is 4.74 Å². The number of nitrogens with one attached hydrogen (secondary N) is 2. The SMILES string of the molecule is COC(=O)Nc1ccc(Nc2ncc3c(n2)CN(C(=O)OC(C)(C)C)CC3)cc1. The highest BCUT2D eigenvalue weighted by atomic mass is 16.6. The minimum absolute atomic E-state index is 0.343. The zero-order valence-electron chi connectivity index (χ0n) is 17.0. The second-order valence-corrected chi connectivity index (χ2v) is 7.64. The molecule has 0 saturated heterocycles.